The van der Waals surface area contributed by atoms with Gasteiger partial charge in [-0.05, 0) is 63.5 Å². The topological polar surface area (TPSA) is 111 Å². The Bertz CT molecular complexity index is 1280. The lowest BCUT2D eigenvalue weighted by atomic mass is 9.84. The summed E-state index contributed by atoms with van der Waals surface area (Å²) in [6.07, 6.45) is 5.77. The van der Waals surface area contributed by atoms with Crippen molar-refractivity contribution in [2.45, 2.75) is 89.6 Å². The largest absolute Gasteiger partial charge is 0.461 e. The molecule has 4 heterocycles. The van der Waals surface area contributed by atoms with Crippen molar-refractivity contribution < 1.29 is 19.4 Å². The molecule has 1 aliphatic carbocycles. The molecular formula is C32H44N6O4. The Morgan fingerprint density at radius 3 is 2.40 bits per heavy atom. The number of carbonyl (C=O) groups is 2. The third-order valence-electron chi connectivity index (χ3n) is 9.34. The van der Waals surface area contributed by atoms with E-state index in [-0.39, 0.29) is 48.3 Å². The minimum Gasteiger partial charge on any atom is -0.461 e. The number of fused-ring (bicyclic) bond motifs is 1. The lowest BCUT2D eigenvalue weighted by molar-refractivity contribution is -0.139. The van der Waals surface area contributed by atoms with E-state index in [1.165, 1.54) is 11.1 Å². The number of ether oxygens (including phenoxy) is 1. The van der Waals surface area contributed by atoms with Crippen molar-refractivity contribution in [3.8, 4) is 6.01 Å². The summed E-state index contributed by atoms with van der Waals surface area (Å²) in [6, 6.07) is 10.5. The molecule has 0 spiro atoms. The van der Waals surface area contributed by atoms with Gasteiger partial charge in [-0.2, -0.15) is 9.97 Å². The number of hydrogen-bond donors (Lipinski definition) is 2. The summed E-state index contributed by atoms with van der Waals surface area (Å²) < 4.78 is 5.82. The highest BCUT2D eigenvalue weighted by Gasteiger charge is 2.36. The molecule has 10 heteroatoms. The highest BCUT2D eigenvalue weighted by Crippen LogP contribution is 2.30. The normalized spacial score (nSPS) is 23.8. The van der Waals surface area contributed by atoms with Crippen LogP contribution in [-0.4, -0.2) is 98.6 Å². The number of nitrogens with one attached hydrogen (secondary N) is 1. The van der Waals surface area contributed by atoms with Gasteiger partial charge in [0.15, 0.2) is 0 Å². The maximum absolute atomic E-state index is 13.7. The molecule has 2 amide bonds. The molecule has 1 aromatic heterocycles. The Morgan fingerprint density at radius 1 is 0.976 bits per heavy atom. The highest BCUT2D eigenvalue weighted by molar-refractivity contribution is 5.93. The molecule has 226 valence electrons. The second-order valence-corrected chi connectivity index (χ2v) is 12.6. The van der Waals surface area contributed by atoms with E-state index < -0.39 is 6.10 Å². The number of hydrogen-bond acceptors (Lipinski definition) is 8. The Morgan fingerprint density at radius 2 is 1.71 bits per heavy atom. The van der Waals surface area contributed by atoms with Crippen LogP contribution in [0.1, 0.15) is 74.0 Å². The summed E-state index contributed by atoms with van der Waals surface area (Å²) >= 11 is 0. The van der Waals surface area contributed by atoms with Gasteiger partial charge in [-0.25, -0.2) is 0 Å². The van der Waals surface area contributed by atoms with Crippen molar-refractivity contribution in [1.82, 2.24) is 24.7 Å². The van der Waals surface area contributed by atoms with Crippen LogP contribution in [0.2, 0.25) is 0 Å². The predicted octanol–water partition coefficient (Wildman–Crippen LogP) is 3.10. The summed E-state index contributed by atoms with van der Waals surface area (Å²) in [5, 5.41) is 14.6. The third kappa shape index (κ3) is 6.39. The molecule has 42 heavy (non-hydrogen) atoms. The van der Waals surface area contributed by atoms with Gasteiger partial charge >= 0.3 is 6.01 Å². The van der Waals surface area contributed by atoms with Crippen LogP contribution in [0.5, 0.6) is 6.01 Å². The number of benzene rings is 1. The average molecular weight is 577 g/mol. The molecular weight excluding hydrogens is 532 g/mol. The SMILES string of the molecule is CC(C)Oc1nc(NC2CCN(C(=O)C3CCC3)CC2)cc(C(=O)N2CC[C@@H](N3CCc4ccccc4C3)[C@H](O)C2)n1. The summed E-state index contributed by atoms with van der Waals surface area (Å²) in [5.74, 6) is 0.853. The van der Waals surface area contributed by atoms with E-state index in [0.29, 0.717) is 24.7 Å². The fraction of sp³-hybridized carbons (Fsp3) is 0.625. The number of β-amino-alcohol motifs (C(OH)–C–C–N with tert-alkyl or cyclic N) is 1. The molecule has 2 atom stereocenters. The number of piperidine rings is 2. The van der Waals surface area contributed by atoms with Crippen molar-refractivity contribution in [1.29, 1.82) is 0 Å². The molecule has 3 fully saturated rings. The van der Waals surface area contributed by atoms with Crippen LogP contribution in [0, 0.1) is 5.92 Å². The number of aliphatic hydroxyl groups is 1. The Kier molecular flexibility index (Phi) is 8.62. The van der Waals surface area contributed by atoms with E-state index in [1.54, 1.807) is 11.0 Å². The quantitative estimate of drug-likeness (QED) is 0.518. The fourth-order valence-electron chi connectivity index (χ4n) is 6.73. The number of aliphatic hydroxyl groups excluding tert-OH is 1. The number of aromatic nitrogens is 2. The van der Waals surface area contributed by atoms with Gasteiger partial charge in [-0.15, -0.1) is 0 Å². The first-order chi connectivity index (χ1) is 20.3. The maximum Gasteiger partial charge on any atom is 0.319 e. The van der Waals surface area contributed by atoms with Crippen molar-refractivity contribution in [2.75, 3.05) is 38.0 Å². The monoisotopic (exact) mass is 576 g/mol. The zero-order valence-electron chi connectivity index (χ0n) is 24.9. The number of carbonyl (C=O) groups excluding carboxylic acids is 2. The smallest absolute Gasteiger partial charge is 0.319 e. The molecule has 6 rings (SSSR count). The van der Waals surface area contributed by atoms with E-state index in [0.717, 1.165) is 64.7 Å². The molecule has 0 radical (unpaired) electrons. The van der Waals surface area contributed by atoms with Gasteiger partial charge in [-0.3, -0.25) is 14.5 Å². The fourth-order valence-corrected chi connectivity index (χ4v) is 6.73. The lowest BCUT2D eigenvalue weighted by Gasteiger charge is -2.43. The lowest BCUT2D eigenvalue weighted by Crippen LogP contribution is -2.56. The molecule has 2 N–H and O–H groups in total. The van der Waals surface area contributed by atoms with Crippen LogP contribution in [-0.2, 0) is 17.8 Å². The van der Waals surface area contributed by atoms with Gasteiger partial charge in [0.05, 0.1) is 12.2 Å². The van der Waals surface area contributed by atoms with E-state index >= 15 is 0 Å². The van der Waals surface area contributed by atoms with Crippen LogP contribution >= 0.6 is 0 Å². The number of likely N-dealkylation sites (tertiary alicyclic amines) is 2. The minimum atomic E-state index is -0.633. The minimum absolute atomic E-state index is 0.0203. The molecule has 0 bridgehead atoms. The Labute approximate surface area is 248 Å². The molecule has 2 saturated heterocycles. The van der Waals surface area contributed by atoms with Crippen molar-refractivity contribution in [3.05, 3.63) is 47.2 Å². The first-order valence-electron chi connectivity index (χ1n) is 15.7. The van der Waals surface area contributed by atoms with Crippen LogP contribution in [0.3, 0.4) is 0 Å². The van der Waals surface area contributed by atoms with Gasteiger partial charge < -0.3 is 25.0 Å². The van der Waals surface area contributed by atoms with Gasteiger partial charge in [0, 0.05) is 63.3 Å². The Balaban J connectivity index is 1.09. The Hall–Kier alpha value is -3.24. The van der Waals surface area contributed by atoms with Gasteiger partial charge in [0.2, 0.25) is 5.91 Å². The van der Waals surface area contributed by atoms with Crippen molar-refractivity contribution >= 4 is 17.6 Å². The van der Waals surface area contributed by atoms with E-state index in [4.69, 9.17) is 4.74 Å². The van der Waals surface area contributed by atoms with E-state index in [1.807, 2.05) is 18.7 Å². The molecule has 0 unspecified atom stereocenters. The van der Waals surface area contributed by atoms with Crippen LogP contribution < -0.4 is 10.1 Å². The van der Waals surface area contributed by atoms with Gasteiger partial charge in [-0.1, -0.05) is 30.7 Å². The van der Waals surface area contributed by atoms with Gasteiger partial charge in [0.25, 0.3) is 5.91 Å². The zero-order chi connectivity index (χ0) is 29.2. The average Bonchev–Trinajstić information content (AvgIpc) is 2.95. The van der Waals surface area contributed by atoms with E-state index in [2.05, 4.69) is 44.5 Å². The number of anilines is 1. The summed E-state index contributed by atoms with van der Waals surface area (Å²) in [7, 11) is 0. The first kappa shape index (κ1) is 28.9. The second kappa shape index (κ2) is 12.6. The predicted molar refractivity (Wildman–Crippen MR) is 159 cm³/mol. The third-order valence-corrected chi connectivity index (χ3v) is 9.34. The summed E-state index contributed by atoms with van der Waals surface area (Å²) in [6.45, 7) is 7.83. The zero-order valence-corrected chi connectivity index (χ0v) is 24.9. The molecule has 10 nitrogen and oxygen atoms in total. The standard InChI is InChI=1S/C32H44N6O4/c1-21(2)42-32-34-26(18-29(35-32)33-25-11-15-36(16-12-25)30(40)23-8-5-9-23)31(41)38-17-13-27(28(39)20-38)37-14-10-22-6-3-4-7-24(22)19-37/h3-4,6-7,18,21,23,25,27-28,39H,5,8-17,19-20H2,1-2H3,(H,33,34,35)/t27-,28-/m1/s1. The van der Waals surface area contributed by atoms with Crippen molar-refractivity contribution in [2.24, 2.45) is 5.92 Å². The second-order valence-electron chi connectivity index (χ2n) is 12.6. The van der Waals surface area contributed by atoms with Gasteiger partial charge in [0.1, 0.15) is 11.5 Å². The number of nitrogens with zero attached hydrogens (tertiary/aromatic N) is 5. The first-order valence-corrected chi connectivity index (χ1v) is 15.7. The molecule has 1 aromatic carbocycles. The van der Waals surface area contributed by atoms with Crippen molar-refractivity contribution in [3.63, 3.8) is 0 Å². The summed E-state index contributed by atoms with van der Waals surface area (Å²) in [4.78, 5) is 41.4. The molecule has 1 saturated carbocycles. The molecule has 3 aliphatic heterocycles. The molecule has 4 aliphatic rings. The number of rotatable bonds is 7. The maximum atomic E-state index is 13.7. The number of amides is 2. The molecule has 2 aromatic rings. The van der Waals surface area contributed by atoms with Crippen LogP contribution in [0.25, 0.3) is 0 Å². The van der Waals surface area contributed by atoms with Crippen LogP contribution in [0.15, 0.2) is 30.3 Å². The summed E-state index contributed by atoms with van der Waals surface area (Å²) in [5.41, 5.74) is 2.97. The highest BCUT2D eigenvalue weighted by atomic mass is 16.5. The van der Waals surface area contributed by atoms with Crippen LogP contribution in [0.4, 0.5) is 5.82 Å². The van der Waals surface area contributed by atoms with E-state index in [9.17, 15) is 14.7 Å².